The molecule has 0 aliphatic carbocycles. The fraction of sp³-hybridized carbons (Fsp3) is 0.167. The van der Waals surface area contributed by atoms with Crippen LogP contribution in [-0.2, 0) is 6.54 Å². The average molecular weight is 294 g/mol. The van der Waals surface area contributed by atoms with E-state index in [1.54, 1.807) is 7.11 Å². The molecule has 0 bridgehead atoms. The molecular weight excluding hydrogens is 276 g/mol. The molecule has 0 aliphatic heterocycles. The first-order valence-corrected chi connectivity index (χ1v) is 7.15. The van der Waals surface area contributed by atoms with Crippen LogP contribution in [0.4, 0.5) is 0 Å². The number of nitrogens with one attached hydrogen (secondary N) is 1. The largest absolute Gasteiger partial charge is 0.497 e. The Morgan fingerprint density at radius 2 is 2.09 bits per heavy atom. The molecule has 0 saturated heterocycles. The minimum absolute atomic E-state index is 0.597. The van der Waals surface area contributed by atoms with E-state index in [1.807, 2.05) is 55.6 Å². The lowest BCUT2D eigenvalue weighted by Crippen LogP contribution is -2.04. The van der Waals surface area contributed by atoms with Gasteiger partial charge in [0, 0.05) is 12.6 Å². The van der Waals surface area contributed by atoms with E-state index in [0.29, 0.717) is 5.89 Å². The van der Waals surface area contributed by atoms with Crippen LogP contribution in [0.15, 0.2) is 46.9 Å². The maximum absolute atomic E-state index is 5.78. The predicted octanol–water partition coefficient (Wildman–Crippen LogP) is 3.73. The summed E-state index contributed by atoms with van der Waals surface area (Å²) in [4.78, 5) is 4.47. The third kappa shape index (κ3) is 3.18. The summed E-state index contributed by atoms with van der Waals surface area (Å²) in [5, 5.41) is 3.13. The van der Waals surface area contributed by atoms with Gasteiger partial charge in [0.2, 0.25) is 5.89 Å². The second-order valence-electron chi connectivity index (χ2n) is 4.99. The van der Waals surface area contributed by atoms with Gasteiger partial charge in [-0.25, -0.2) is 4.98 Å². The predicted molar refractivity (Wildman–Crippen MR) is 88.7 cm³/mol. The number of ether oxygens (including phenoxy) is 1. The summed E-state index contributed by atoms with van der Waals surface area (Å²) in [6.45, 7) is 0.811. The second-order valence-corrected chi connectivity index (χ2v) is 4.99. The van der Waals surface area contributed by atoms with Gasteiger partial charge in [-0.3, -0.25) is 0 Å². The van der Waals surface area contributed by atoms with Crippen molar-refractivity contribution in [1.29, 1.82) is 0 Å². The number of aromatic nitrogens is 1. The van der Waals surface area contributed by atoms with Gasteiger partial charge >= 0.3 is 0 Å². The molecule has 0 fully saturated rings. The molecule has 3 rings (SSSR count). The number of rotatable bonds is 5. The highest BCUT2D eigenvalue weighted by Crippen LogP contribution is 2.20. The summed E-state index contributed by atoms with van der Waals surface area (Å²) in [5.74, 6) is 1.43. The molecule has 0 radical (unpaired) electrons. The molecule has 0 amide bonds. The Kier molecular flexibility index (Phi) is 4.21. The Hall–Kier alpha value is -2.59. The smallest absolute Gasteiger partial charge is 0.220 e. The van der Waals surface area contributed by atoms with Gasteiger partial charge in [0.25, 0.3) is 0 Å². The first-order chi connectivity index (χ1) is 10.8. The lowest BCUT2D eigenvalue weighted by Gasteiger charge is -1.99. The third-order valence-corrected chi connectivity index (χ3v) is 3.36. The summed E-state index contributed by atoms with van der Waals surface area (Å²) in [5.41, 5.74) is 3.88. The molecule has 112 valence electrons. The van der Waals surface area contributed by atoms with E-state index in [1.165, 1.54) is 5.56 Å². The van der Waals surface area contributed by atoms with Crippen LogP contribution in [0.5, 0.6) is 5.75 Å². The van der Waals surface area contributed by atoms with Gasteiger partial charge in [0.15, 0.2) is 5.58 Å². The van der Waals surface area contributed by atoms with Crippen LogP contribution in [0.25, 0.3) is 23.3 Å². The Morgan fingerprint density at radius 3 is 2.91 bits per heavy atom. The molecule has 0 saturated carbocycles. The van der Waals surface area contributed by atoms with Crippen molar-refractivity contribution in [2.75, 3.05) is 14.2 Å². The van der Waals surface area contributed by atoms with Crippen molar-refractivity contribution in [2.24, 2.45) is 0 Å². The average Bonchev–Trinajstić information content (AvgIpc) is 2.95. The standard InChI is InChI=1S/C18H18N2O2/c1-19-12-14-6-8-16-17(11-14)22-18(20-16)9-7-13-4-3-5-15(10-13)21-2/h3-11,19H,12H2,1-2H3/b9-7-. The summed E-state index contributed by atoms with van der Waals surface area (Å²) in [6.07, 6.45) is 3.83. The molecular formula is C18H18N2O2. The zero-order valence-electron chi connectivity index (χ0n) is 12.7. The van der Waals surface area contributed by atoms with Gasteiger partial charge in [-0.1, -0.05) is 18.2 Å². The molecule has 0 aliphatic rings. The number of nitrogens with zero attached hydrogens (tertiary/aromatic N) is 1. The summed E-state index contributed by atoms with van der Waals surface area (Å²) in [6, 6.07) is 13.9. The van der Waals surface area contributed by atoms with E-state index in [-0.39, 0.29) is 0 Å². The lowest BCUT2D eigenvalue weighted by molar-refractivity contribution is 0.414. The summed E-state index contributed by atoms with van der Waals surface area (Å²) < 4.78 is 11.0. The highest BCUT2D eigenvalue weighted by atomic mass is 16.5. The molecule has 1 N–H and O–H groups in total. The minimum Gasteiger partial charge on any atom is -0.497 e. The molecule has 3 aromatic rings. The van der Waals surface area contributed by atoms with Crippen molar-refractivity contribution in [3.8, 4) is 5.75 Å². The van der Waals surface area contributed by atoms with Crippen LogP contribution < -0.4 is 10.1 Å². The van der Waals surface area contributed by atoms with Gasteiger partial charge in [0.05, 0.1) is 7.11 Å². The monoisotopic (exact) mass is 294 g/mol. The molecule has 4 nitrogen and oxygen atoms in total. The maximum Gasteiger partial charge on any atom is 0.220 e. The first-order valence-electron chi connectivity index (χ1n) is 7.15. The van der Waals surface area contributed by atoms with E-state index < -0.39 is 0 Å². The minimum atomic E-state index is 0.597. The highest BCUT2D eigenvalue weighted by Gasteiger charge is 2.04. The molecule has 1 heterocycles. The van der Waals surface area contributed by atoms with E-state index in [2.05, 4.69) is 16.4 Å². The second kappa shape index (κ2) is 6.45. The van der Waals surface area contributed by atoms with Gasteiger partial charge in [-0.15, -0.1) is 0 Å². The van der Waals surface area contributed by atoms with Crippen molar-refractivity contribution in [3.05, 3.63) is 59.5 Å². The zero-order valence-corrected chi connectivity index (χ0v) is 12.7. The topological polar surface area (TPSA) is 47.3 Å². The van der Waals surface area contributed by atoms with Crippen LogP contribution >= 0.6 is 0 Å². The number of oxazole rings is 1. The zero-order chi connectivity index (χ0) is 15.4. The van der Waals surface area contributed by atoms with Crippen LogP contribution in [0.2, 0.25) is 0 Å². The Balaban J connectivity index is 1.85. The van der Waals surface area contributed by atoms with Crippen LogP contribution in [0.3, 0.4) is 0 Å². The van der Waals surface area contributed by atoms with Crippen LogP contribution in [0.1, 0.15) is 17.0 Å². The van der Waals surface area contributed by atoms with Crippen molar-refractivity contribution in [3.63, 3.8) is 0 Å². The molecule has 0 atom stereocenters. The molecule has 2 aromatic carbocycles. The molecule has 1 aromatic heterocycles. The normalized spacial score (nSPS) is 11.4. The third-order valence-electron chi connectivity index (χ3n) is 3.36. The number of hydrogen-bond donors (Lipinski definition) is 1. The van der Waals surface area contributed by atoms with E-state index >= 15 is 0 Å². The van der Waals surface area contributed by atoms with Crippen LogP contribution in [-0.4, -0.2) is 19.1 Å². The van der Waals surface area contributed by atoms with E-state index in [4.69, 9.17) is 9.15 Å². The summed E-state index contributed by atoms with van der Waals surface area (Å²) in [7, 11) is 3.58. The van der Waals surface area contributed by atoms with Gasteiger partial charge < -0.3 is 14.5 Å². The van der Waals surface area contributed by atoms with Crippen molar-refractivity contribution < 1.29 is 9.15 Å². The number of hydrogen-bond acceptors (Lipinski definition) is 4. The molecule has 22 heavy (non-hydrogen) atoms. The van der Waals surface area contributed by atoms with Crippen molar-refractivity contribution in [1.82, 2.24) is 10.3 Å². The Bertz CT molecular complexity index is 806. The molecule has 0 unspecified atom stereocenters. The lowest BCUT2D eigenvalue weighted by atomic mass is 10.2. The number of fused-ring (bicyclic) bond motifs is 1. The maximum atomic E-state index is 5.78. The van der Waals surface area contributed by atoms with Gasteiger partial charge in [-0.2, -0.15) is 0 Å². The van der Waals surface area contributed by atoms with Crippen LogP contribution in [0, 0.1) is 0 Å². The fourth-order valence-electron chi connectivity index (χ4n) is 2.28. The molecule has 0 spiro atoms. The number of methoxy groups -OCH3 is 1. The highest BCUT2D eigenvalue weighted by molar-refractivity contribution is 5.76. The van der Waals surface area contributed by atoms with Gasteiger partial charge in [-0.05, 0) is 48.5 Å². The van der Waals surface area contributed by atoms with E-state index in [9.17, 15) is 0 Å². The first kappa shape index (κ1) is 14.4. The molecule has 4 heteroatoms. The quantitative estimate of drug-likeness (QED) is 0.779. The Labute approximate surface area is 129 Å². The van der Waals surface area contributed by atoms with Crippen molar-refractivity contribution >= 4 is 23.3 Å². The fourth-order valence-corrected chi connectivity index (χ4v) is 2.28. The van der Waals surface area contributed by atoms with Crippen molar-refractivity contribution in [2.45, 2.75) is 6.54 Å². The number of benzene rings is 2. The van der Waals surface area contributed by atoms with Gasteiger partial charge in [0.1, 0.15) is 11.3 Å². The SMILES string of the molecule is CNCc1ccc2nc(/C=C\c3cccc(OC)c3)oc2c1. The van der Waals surface area contributed by atoms with E-state index in [0.717, 1.165) is 29.0 Å². The Morgan fingerprint density at radius 1 is 1.18 bits per heavy atom. The summed E-state index contributed by atoms with van der Waals surface area (Å²) >= 11 is 0.